The van der Waals surface area contributed by atoms with E-state index in [0.717, 1.165) is 18.1 Å². The molecule has 7 heteroatoms. The normalized spacial score (nSPS) is 16.8. The summed E-state index contributed by atoms with van der Waals surface area (Å²) in [5, 5.41) is 17.6. The van der Waals surface area contributed by atoms with Crippen molar-refractivity contribution >= 4 is 5.71 Å². The van der Waals surface area contributed by atoms with E-state index in [1.807, 2.05) is 7.05 Å². The lowest BCUT2D eigenvalue weighted by Crippen LogP contribution is -2.31. The molecule has 2 heterocycles. The number of hydrogen-bond acceptors (Lipinski definition) is 6. The van der Waals surface area contributed by atoms with E-state index in [4.69, 9.17) is 0 Å². The fourth-order valence-corrected chi connectivity index (χ4v) is 1.40. The summed E-state index contributed by atoms with van der Waals surface area (Å²) in [6.45, 7) is 7.82. The van der Waals surface area contributed by atoms with Gasteiger partial charge in [0.2, 0.25) is 0 Å². The Bertz CT molecular complexity index is 400. The van der Waals surface area contributed by atoms with Gasteiger partial charge in [-0.15, -0.1) is 5.10 Å². The molecule has 0 fully saturated rings. The number of hydrazine groups is 1. The SMILES string of the molecule is Cn1nnnc1CN1N=C(C(C)(C)C)CN1. The fraction of sp³-hybridized carbons (Fsp3) is 0.778. The van der Waals surface area contributed by atoms with Gasteiger partial charge in [-0.05, 0) is 10.4 Å². The first-order valence-electron chi connectivity index (χ1n) is 5.27. The van der Waals surface area contributed by atoms with Crippen molar-refractivity contribution in [1.29, 1.82) is 0 Å². The van der Waals surface area contributed by atoms with Gasteiger partial charge in [0.05, 0.1) is 12.3 Å². The zero-order chi connectivity index (χ0) is 11.8. The minimum Gasteiger partial charge on any atom is -0.231 e. The third kappa shape index (κ3) is 2.19. The number of aryl methyl sites for hydroxylation is 1. The van der Waals surface area contributed by atoms with Crippen molar-refractivity contribution in [2.75, 3.05) is 6.54 Å². The van der Waals surface area contributed by atoms with Crippen LogP contribution in [0.2, 0.25) is 0 Å². The highest BCUT2D eigenvalue weighted by Crippen LogP contribution is 2.19. The second kappa shape index (κ2) is 3.82. The number of hydrazone groups is 1. The van der Waals surface area contributed by atoms with Gasteiger partial charge in [0.25, 0.3) is 0 Å². The summed E-state index contributed by atoms with van der Waals surface area (Å²) in [5.41, 5.74) is 4.44. The van der Waals surface area contributed by atoms with Gasteiger partial charge in [-0.25, -0.2) is 15.2 Å². The van der Waals surface area contributed by atoms with Crippen molar-refractivity contribution in [1.82, 2.24) is 30.8 Å². The van der Waals surface area contributed by atoms with E-state index in [0.29, 0.717) is 6.54 Å². The van der Waals surface area contributed by atoms with Gasteiger partial charge in [0.15, 0.2) is 5.82 Å². The van der Waals surface area contributed by atoms with Crippen molar-refractivity contribution < 1.29 is 0 Å². The summed E-state index contributed by atoms with van der Waals surface area (Å²) in [4.78, 5) is 0. The fourth-order valence-electron chi connectivity index (χ4n) is 1.40. The summed E-state index contributed by atoms with van der Waals surface area (Å²) in [6, 6.07) is 0. The van der Waals surface area contributed by atoms with E-state index in [1.54, 1.807) is 9.80 Å². The molecule has 1 aromatic rings. The molecule has 0 unspecified atom stereocenters. The first kappa shape index (κ1) is 11.0. The van der Waals surface area contributed by atoms with Crippen molar-refractivity contribution in [2.45, 2.75) is 27.3 Å². The predicted octanol–water partition coefficient (Wildman–Crippen LogP) is -0.0676. The van der Waals surface area contributed by atoms with Gasteiger partial charge in [0, 0.05) is 12.5 Å². The first-order valence-corrected chi connectivity index (χ1v) is 5.27. The molecular formula is C9H17N7. The van der Waals surface area contributed by atoms with Crippen LogP contribution in [0.15, 0.2) is 5.10 Å². The van der Waals surface area contributed by atoms with Gasteiger partial charge in [0.1, 0.15) is 6.54 Å². The lowest BCUT2D eigenvalue weighted by atomic mass is 9.90. The maximum absolute atomic E-state index is 4.51. The van der Waals surface area contributed by atoms with Gasteiger partial charge in [-0.1, -0.05) is 20.8 Å². The summed E-state index contributed by atoms with van der Waals surface area (Å²) in [6.07, 6.45) is 0. The monoisotopic (exact) mass is 223 g/mol. The van der Waals surface area contributed by atoms with Crippen LogP contribution < -0.4 is 5.43 Å². The number of tetrazole rings is 1. The molecule has 16 heavy (non-hydrogen) atoms. The molecule has 0 aliphatic carbocycles. The highest BCUT2D eigenvalue weighted by Gasteiger charge is 2.25. The number of rotatable bonds is 2. The lowest BCUT2D eigenvalue weighted by Gasteiger charge is -2.16. The first-order chi connectivity index (χ1) is 7.47. The van der Waals surface area contributed by atoms with Crippen LogP contribution in [0.5, 0.6) is 0 Å². The molecule has 0 saturated heterocycles. The van der Waals surface area contributed by atoms with Crippen LogP contribution in [0.1, 0.15) is 26.6 Å². The molecular weight excluding hydrogens is 206 g/mol. The molecule has 1 aliphatic rings. The quantitative estimate of drug-likeness (QED) is 0.760. The Morgan fingerprint density at radius 1 is 1.38 bits per heavy atom. The van der Waals surface area contributed by atoms with Gasteiger partial charge >= 0.3 is 0 Å². The number of nitrogens with zero attached hydrogens (tertiary/aromatic N) is 6. The molecule has 0 amide bonds. The van der Waals surface area contributed by atoms with Gasteiger partial charge in [-0.2, -0.15) is 5.10 Å². The molecule has 1 N–H and O–H groups in total. The average Bonchev–Trinajstić information content (AvgIpc) is 2.76. The lowest BCUT2D eigenvalue weighted by molar-refractivity contribution is 0.212. The highest BCUT2D eigenvalue weighted by molar-refractivity contribution is 5.91. The van der Waals surface area contributed by atoms with E-state index < -0.39 is 0 Å². The Kier molecular flexibility index (Phi) is 2.63. The highest BCUT2D eigenvalue weighted by atomic mass is 15.7. The Labute approximate surface area is 94.5 Å². The van der Waals surface area contributed by atoms with E-state index >= 15 is 0 Å². The van der Waals surface area contributed by atoms with Crippen LogP contribution in [0.4, 0.5) is 0 Å². The molecule has 0 atom stereocenters. The Morgan fingerprint density at radius 3 is 2.62 bits per heavy atom. The molecule has 1 aliphatic heterocycles. The van der Waals surface area contributed by atoms with Crippen molar-refractivity contribution in [3.8, 4) is 0 Å². The third-order valence-electron chi connectivity index (χ3n) is 2.54. The van der Waals surface area contributed by atoms with Crippen LogP contribution >= 0.6 is 0 Å². The zero-order valence-corrected chi connectivity index (χ0v) is 10.1. The van der Waals surface area contributed by atoms with E-state index in [2.05, 4.69) is 46.8 Å². The van der Waals surface area contributed by atoms with Crippen LogP contribution in [0.3, 0.4) is 0 Å². The minimum atomic E-state index is 0.0971. The second-order valence-electron chi connectivity index (χ2n) is 4.91. The van der Waals surface area contributed by atoms with Crippen molar-refractivity contribution in [2.24, 2.45) is 17.6 Å². The molecule has 2 rings (SSSR count). The third-order valence-corrected chi connectivity index (χ3v) is 2.54. The standard InChI is InChI=1S/C9H17N7/c1-9(2,3)7-5-10-16(12-7)6-8-11-13-14-15(8)4/h10H,5-6H2,1-4H3. The molecule has 88 valence electrons. The van der Waals surface area contributed by atoms with Gasteiger partial charge in [-0.3, -0.25) is 0 Å². The predicted molar refractivity (Wildman–Crippen MR) is 59.2 cm³/mol. The maximum atomic E-state index is 4.51. The topological polar surface area (TPSA) is 71.2 Å². The second-order valence-corrected chi connectivity index (χ2v) is 4.91. The molecule has 0 radical (unpaired) electrons. The number of hydrogen-bond donors (Lipinski definition) is 1. The van der Waals surface area contributed by atoms with Crippen LogP contribution in [-0.4, -0.2) is 37.6 Å². The maximum Gasteiger partial charge on any atom is 0.173 e. The molecule has 0 bridgehead atoms. The van der Waals surface area contributed by atoms with Gasteiger partial charge < -0.3 is 0 Å². The number of nitrogens with one attached hydrogen (secondary N) is 1. The summed E-state index contributed by atoms with van der Waals surface area (Å²) >= 11 is 0. The van der Waals surface area contributed by atoms with Crippen LogP contribution in [-0.2, 0) is 13.6 Å². The van der Waals surface area contributed by atoms with E-state index in [-0.39, 0.29) is 5.41 Å². The molecule has 7 nitrogen and oxygen atoms in total. The minimum absolute atomic E-state index is 0.0971. The molecule has 0 aromatic carbocycles. The van der Waals surface area contributed by atoms with E-state index in [1.165, 1.54) is 0 Å². The molecule has 1 aromatic heterocycles. The Balaban J connectivity index is 2.04. The molecule has 0 spiro atoms. The smallest absolute Gasteiger partial charge is 0.173 e. The Hall–Kier alpha value is -1.50. The largest absolute Gasteiger partial charge is 0.231 e. The summed E-state index contributed by atoms with van der Waals surface area (Å²) in [5.74, 6) is 0.784. The average molecular weight is 223 g/mol. The summed E-state index contributed by atoms with van der Waals surface area (Å²) in [7, 11) is 1.82. The van der Waals surface area contributed by atoms with Crippen LogP contribution in [0.25, 0.3) is 0 Å². The van der Waals surface area contributed by atoms with Crippen molar-refractivity contribution in [3.63, 3.8) is 0 Å². The van der Waals surface area contributed by atoms with E-state index in [9.17, 15) is 0 Å². The zero-order valence-electron chi connectivity index (χ0n) is 10.1. The van der Waals surface area contributed by atoms with Crippen LogP contribution in [0, 0.1) is 5.41 Å². The molecule has 0 saturated carbocycles. The summed E-state index contributed by atoms with van der Waals surface area (Å²) < 4.78 is 1.65. The Morgan fingerprint density at radius 2 is 2.12 bits per heavy atom. The number of aromatic nitrogens is 4. The van der Waals surface area contributed by atoms with Crippen molar-refractivity contribution in [3.05, 3.63) is 5.82 Å².